The van der Waals surface area contributed by atoms with Gasteiger partial charge in [0.25, 0.3) is 0 Å². The number of benzene rings is 2. The van der Waals surface area contributed by atoms with E-state index in [1.165, 1.54) is 0 Å². The molecule has 4 atom stereocenters. The summed E-state index contributed by atoms with van der Waals surface area (Å²) in [6.07, 6.45) is 3.59. The Kier molecular flexibility index (Phi) is 17.2. The number of carbonyl (C=O) groups is 4. The number of nitrogens with two attached hydrogens (primary N) is 1. The van der Waals surface area contributed by atoms with Crippen molar-refractivity contribution in [3.8, 4) is 0 Å². The number of nitrogens with one attached hydrogen (secondary N) is 5. The Morgan fingerprint density at radius 1 is 0.755 bits per heavy atom. The van der Waals surface area contributed by atoms with E-state index in [1.54, 1.807) is 0 Å². The third-order valence-electron chi connectivity index (χ3n) is 8.66. The van der Waals surface area contributed by atoms with E-state index in [9.17, 15) is 19.2 Å². The number of aryl methyl sites for hydroxylation is 1. The molecule has 1 aliphatic rings. The molecule has 270 valence electrons. The van der Waals surface area contributed by atoms with Crippen LogP contribution in [-0.2, 0) is 32.0 Å². The Balaban J connectivity index is 1.76. The molecule has 2 aromatic rings. The lowest BCUT2D eigenvalue weighted by Crippen LogP contribution is -2.58. The van der Waals surface area contributed by atoms with Crippen molar-refractivity contribution in [1.82, 2.24) is 31.5 Å². The fourth-order valence-electron chi connectivity index (χ4n) is 5.95. The van der Waals surface area contributed by atoms with Gasteiger partial charge in [-0.3, -0.25) is 19.2 Å². The predicted octanol–water partition coefficient (Wildman–Crippen LogP) is 2.29. The minimum Gasteiger partial charge on any atom is -0.343 e. The number of rotatable bonds is 19. The van der Waals surface area contributed by atoms with Gasteiger partial charge in [0.05, 0.1) is 6.04 Å². The van der Waals surface area contributed by atoms with Crippen molar-refractivity contribution in [3.05, 3.63) is 71.8 Å². The van der Waals surface area contributed by atoms with E-state index >= 15 is 0 Å². The van der Waals surface area contributed by atoms with Crippen molar-refractivity contribution in [2.24, 2.45) is 11.7 Å². The SMILES string of the molecule is CC(C)C[C@@H](NC(=O)[C@@H](CCc1ccccc1)NC(=O)[C@H](N)Cc1ccccc1)C(=O)N[C@H](CCCNC(C)C)C(=O)N1CCCNCC1. The molecular weight excluding hydrogens is 618 g/mol. The fourth-order valence-corrected chi connectivity index (χ4v) is 5.95. The molecule has 2 aromatic carbocycles. The largest absolute Gasteiger partial charge is 0.343 e. The molecule has 11 heteroatoms. The van der Waals surface area contributed by atoms with Crippen molar-refractivity contribution in [3.63, 3.8) is 0 Å². The molecule has 49 heavy (non-hydrogen) atoms. The smallest absolute Gasteiger partial charge is 0.245 e. The second kappa shape index (κ2) is 21.3. The molecule has 1 saturated heterocycles. The summed E-state index contributed by atoms with van der Waals surface area (Å²) in [6.45, 7) is 11.6. The molecule has 7 N–H and O–H groups in total. The molecule has 0 unspecified atom stereocenters. The average molecular weight is 678 g/mol. The van der Waals surface area contributed by atoms with Gasteiger partial charge in [0, 0.05) is 25.7 Å². The normalized spacial score (nSPS) is 15.9. The van der Waals surface area contributed by atoms with Crippen LogP contribution >= 0.6 is 0 Å². The number of carbonyl (C=O) groups excluding carboxylic acids is 4. The van der Waals surface area contributed by atoms with Crippen LogP contribution in [0.25, 0.3) is 0 Å². The monoisotopic (exact) mass is 677 g/mol. The van der Waals surface area contributed by atoms with E-state index in [4.69, 9.17) is 5.73 Å². The van der Waals surface area contributed by atoms with Crippen LogP contribution in [0.3, 0.4) is 0 Å². The van der Waals surface area contributed by atoms with Crippen LogP contribution in [0.1, 0.15) is 70.9 Å². The van der Waals surface area contributed by atoms with E-state index in [0.717, 1.165) is 30.6 Å². The maximum absolute atomic E-state index is 13.9. The quantitative estimate of drug-likeness (QED) is 0.125. The minimum absolute atomic E-state index is 0.0776. The van der Waals surface area contributed by atoms with Gasteiger partial charge < -0.3 is 37.2 Å². The molecule has 4 amide bonds. The Labute approximate surface area is 292 Å². The van der Waals surface area contributed by atoms with Crippen LogP contribution in [0.15, 0.2) is 60.7 Å². The molecule has 0 aromatic heterocycles. The molecule has 1 aliphatic heterocycles. The summed E-state index contributed by atoms with van der Waals surface area (Å²) in [4.78, 5) is 56.7. The molecule has 0 spiro atoms. The van der Waals surface area contributed by atoms with E-state index in [0.29, 0.717) is 64.2 Å². The van der Waals surface area contributed by atoms with E-state index in [2.05, 4.69) is 40.4 Å². The lowest BCUT2D eigenvalue weighted by atomic mass is 9.99. The Bertz CT molecular complexity index is 1280. The summed E-state index contributed by atoms with van der Waals surface area (Å²) < 4.78 is 0. The van der Waals surface area contributed by atoms with Crippen molar-refractivity contribution in [2.45, 2.75) is 103 Å². The first kappa shape index (κ1) is 39.6. The Morgan fingerprint density at radius 2 is 1.37 bits per heavy atom. The maximum Gasteiger partial charge on any atom is 0.245 e. The lowest BCUT2D eigenvalue weighted by molar-refractivity contribution is -0.138. The summed E-state index contributed by atoms with van der Waals surface area (Å²) in [5, 5.41) is 15.5. The summed E-state index contributed by atoms with van der Waals surface area (Å²) in [6, 6.07) is 16.2. The Morgan fingerprint density at radius 3 is 2.02 bits per heavy atom. The third kappa shape index (κ3) is 14.7. The van der Waals surface area contributed by atoms with Gasteiger partial charge in [-0.05, 0) is 75.1 Å². The molecule has 0 bridgehead atoms. The molecule has 1 heterocycles. The second-order valence-corrected chi connectivity index (χ2v) is 13.8. The second-order valence-electron chi connectivity index (χ2n) is 13.8. The Hall–Kier alpha value is -3.80. The average Bonchev–Trinajstić information content (AvgIpc) is 3.37. The first-order valence-corrected chi connectivity index (χ1v) is 18.0. The number of hydrogen-bond donors (Lipinski definition) is 6. The highest BCUT2D eigenvalue weighted by atomic mass is 16.2. The predicted molar refractivity (Wildman–Crippen MR) is 195 cm³/mol. The zero-order valence-corrected chi connectivity index (χ0v) is 29.9. The summed E-state index contributed by atoms with van der Waals surface area (Å²) in [5.74, 6) is -1.32. The van der Waals surface area contributed by atoms with Crippen LogP contribution in [0.5, 0.6) is 0 Å². The van der Waals surface area contributed by atoms with Gasteiger partial charge in [-0.1, -0.05) is 88.4 Å². The number of hydrogen-bond acceptors (Lipinski definition) is 7. The van der Waals surface area contributed by atoms with Crippen molar-refractivity contribution in [2.75, 3.05) is 32.7 Å². The van der Waals surface area contributed by atoms with E-state index in [-0.39, 0.29) is 11.8 Å². The molecule has 1 fully saturated rings. The van der Waals surface area contributed by atoms with Crippen molar-refractivity contribution < 1.29 is 19.2 Å². The number of nitrogens with zero attached hydrogens (tertiary/aromatic N) is 1. The topological polar surface area (TPSA) is 158 Å². The van der Waals surface area contributed by atoms with Crippen LogP contribution in [0.4, 0.5) is 0 Å². The minimum atomic E-state index is -0.916. The summed E-state index contributed by atoms with van der Waals surface area (Å²) in [7, 11) is 0. The number of amides is 4. The molecule has 0 aliphatic carbocycles. The summed E-state index contributed by atoms with van der Waals surface area (Å²) in [5.41, 5.74) is 8.23. The van der Waals surface area contributed by atoms with Gasteiger partial charge in [0.15, 0.2) is 0 Å². The van der Waals surface area contributed by atoms with Crippen LogP contribution in [0.2, 0.25) is 0 Å². The first-order valence-electron chi connectivity index (χ1n) is 18.0. The van der Waals surface area contributed by atoms with E-state index in [1.807, 2.05) is 79.4 Å². The van der Waals surface area contributed by atoms with Gasteiger partial charge in [-0.2, -0.15) is 0 Å². The van der Waals surface area contributed by atoms with Gasteiger partial charge in [-0.25, -0.2) is 0 Å². The highest BCUT2D eigenvalue weighted by Crippen LogP contribution is 2.12. The zero-order chi connectivity index (χ0) is 35.6. The van der Waals surface area contributed by atoms with Crippen LogP contribution in [-0.4, -0.2) is 91.5 Å². The third-order valence-corrected chi connectivity index (χ3v) is 8.66. The lowest BCUT2D eigenvalue weighted by Gasteiger charge is -2.29. The molecule has 0 radical (unpaired) electrons. The van der Waals surface area contributed by atoms with Gasteiger partial charge in [-0.15, -0.1) is 0 Å². The standard InChI is InChI=1S/C38H59N7O4/c1-27(2)25-34(37(48)43-33(17-11-21-41-28(3)4)38(49)45-23-12-20-40-22-24-45)44-36(47)32(19-18-29-13-7-5-8-14-29)42-35(46)31(39)26-30-15-9-6-10-16-30/h5-10,13-16,27-28,31-34,40-41H,11-12,17-26,39H2,1-4H3,(H,42,46)(H,43,48)(H,44,47)/t31-,32-,33-,34-/m1/s1. The molecule has 0 saturated carbocycles. The van der Waals surface area contributed by atoms with Gasteiger partial charge in [0.1, 0.15) is 18.1 Å². The molecular formula is C38H59N7O4. The highest BCUT2D eigenvalue weighted by molar-refractivity contribution is 5.94. The van der Waals surface area contributed by atoms with Crippen LogP contribution in [0, 0.1) is 5.92 Å². The van der Waals surface area contributed by atoms with Crippen LogP contribution < -0.4 is 32.3 Å². The molecule has 3 rings (SSSR count). The van der Waals surface area contributed by atoms with Gasteiger partial charge >= 0.3 is 0 Å². The zero-order valence-electron chi connectivity index (χ0n) is 29.9. The van der Waals surface area contributed by atoms with Crippen molar-refractivity contribution in [1.29, 1.82) is 0 Å². The fraction of sp³-hybridized carbons (Fsp3) is 0.579. The first-order chi connectivity index (χ1) is 23.5. The van der Waals surface area contributed by atoms with E-state index < -0.39 is 41.9 Å². The van der Waals surface area contributed by atoms with Crippen molar-refractivity contribution >= 4 is 23.6 Å². The summed E-state index contributed by atoms with van der Waals surface area (Å²) >= 11 is 0. The van der Waals surface area contributed by atoms with Gasteiger partial charge in [0.2, 0.25) is 23.6 Å². The maximum atomic E-state index is 13.9. The molecule has 11 nitrogen and oxygen atoms in total. The highest BCUT2D eigenvalue weighted by Gasteiger charge is 2.32.